The number of aliphatic hydroxyl groups is 2. The first kappa shape index (κ1) is 18.6. The highest BCUT2D eigenvalue weighted by molar-refractivity contribution is 5.67. The monoisotopic (exact) mass is 333 g/mol. The van der Waals surface area contributed by atoms with Gasteiger partial charge in [0.15, 0.2) is 0 Å². The van der Waals surface area contributed by atoms with Crippen molar-refractivity contribution in [2.24, 2.45) is 5.92 Å². The molecule has 0 unspecified atom stereocenters. The van der Waals surface area contributed by atoms with Crippen molar-refractivity contribution >= 4 is 5.97 Å². The van der Waals surface area contributed by atoms with Crippen molar-refractivity contribution in [1.82, 2.24) is 4.90 Å². The molecular weight excluding hydrogens is 306 g/mol. The normalized spacial score (nSPS) is 24.3. The van der Waals surface area contributed by atoms with Gasteiger partial charge >= 0.3 is 5.97 Å². The minimum Gasteiger partial charge on any atom is -0.481 e. The van der Waals surface area contributed by atoms with Crippen LogP contribution in [0.2, 0.25) is 0 Å². The fraction of sp³-hybridized carbons (Fsp3) is 0.526. The number of carbonyl (C=O) groups is 1. The molecule has 2 rings (SSSR count). The van der Waals surface area contributed by atoms with Crippen LogP contribution in [0.3, 0.4) is 0 Å². The van der Waals surface area contributed by atoms with Gasteiger partial charge in [0.1, 0.15) is 0 Å². The van der Waals surface area contributed by atoms with E-state index < -0.39 is 18.2 Å². The fourth-order valence-corrected chi connectivity index (χ4v) is 3.25. The molecule has 3 N–H and O–H groups in total. The van der Waals surface area contributed by atoms with Gasteiger partial charge < -0.3 is 15.3 Å². The van der Waals surface area contributed by atoms with Gasteiger partial charge in [0.2, 0.25) is 0 Å². The quantitative estimate of drug-likeness (QED) is 0.634. The molecule has 1 saturated heterocycles. The second kappa shape index (κ2) is 8.97. The van der Waals surface area contributed by atoms with Gasteiger partial charge in [-0.05, 0) is 24.4 Å². The molecule has 24 heavy (non-hydrogen) atoms. The van der Waals surface area contributed by atoms with Crippen LogP contribution in [0.1, 0.15) is 31.7 Å². The fourth-order valence-electron chi connectivity index (χ4n) is 3.25. The van der Waals surface area contributed by atoms with E-state index in [0.717, 1.165) is 19.5 Å². The molecule has 1 aromatic rings. The first-order chi connectivity index (χ1) is 11.5. The summed E-state index contributed by atoms with van der Waals surface area (Å²) in [6.07, 6.45) is 2.65. The third-order valence-electron chi connectivity index (χ3n) is 4.56. The van der Waals surface area contributed by atoms with Crippen LogP contribution in [0.25, 0.3) is 0 Å². The molecule has 1 aliphatic heterocycles. The van der Waals surface area contributed by atoms with Crippen molar-refractivity contribution in [3.8, 4) is 0 Å². The number of benzene rings is 1. The van der Waals surface area contributed by atoms with Crippen molar-refractivity contribution in [2.75, 3.05) is 6.54 Å². The number of hydrogen-bond donors (Lipinski definition) is 3. The van der Waals surface area contributed by atoms with Crippen LogP contribution >= 0.6 is 0 Å². The maximum atomic E-state index is 10.6. The Morgan fingerprint density at radius 1 is 1.33 bits per heavy atom. The molecule has 1 fully saturated rings. The topological polar surface area (TPSA) is 81.0 Å². The lowest BCUT2D eigenvalue weighted by molar-refractivity contribution is -0.139. The van der Waals surface area contributed by atoms with E-state index in [2.05, 4.69) is 24.0 Å². The second-order valence-electron chi connectivity index (χ2n) is 6.65. The van der Waals surface area contributed by atoms with Gasteiger partial charge in [-0.15, -0.1) is 0 Å². The van der Waals surface area contributed by atoms with Crippen LogP contribution in [-0.4, -0.2) is 51.0 Å². The Hall–Kier alpha value is -1.69. The molecule has 1 aromatic carbocycles. The maximum Gasteiger partial charge on any atom is 0.305 e. The number of aliphatic hydroxyl groups excluding tert-OH is 2. The lowest BCUT2D eigenvalue weighted by Crippen LogP contribution is -2.30. The number of carboxylic acid groups (broad SMARTS) is 1. The summed E-state index contributed by atoms with van der Waals surface area (Å²) in [4.78, 5) is 12.9. The van der Waals surface area contributed by atoms with Crippen LogP contribution in [0, 0.1) is 5.92 Å². The van der Waals surface area contributed by atoms with Crippen molar-refractivity contribution < 1.29 is 20.1 Å². The Bertz CT molecular complexity index is 546. The van der Waals surface area contributed by atoms with Crippen LogP contribution in [0.4, 0.5) is 0 Å². The van der Waals surface area contributed by atoms with E-state index in [-0.39, 0.29) is 18.9 Å². The van der Waals surface area contributed by atoms with Crippen LogP contribution in [0.5, 0.6) is 0 Å². The number of carboxylic acids is 1. The number of likely N-dealkylation sites (tertiary alicyclic amines) is 1. The number of nitrogens with zero attached hydrogens (tertiary/aromatic N) is 1. The van der Waals surface area contributed by atoms with E-state index >= 15 is 0 Å². The van der Waals surface area contributed by atoms with E-state index in [0.29, 0.717) is 5.92 Å². The molecule has 0 saturated carbocycles. The first-order valence-electron chi connectivity index (χ1n) is 8.50. The largest absolute Gasteiger partial charge is 0.481 e. The third kappa shape index (κ3) is 5.74. The molecule has 0 bridgehead atoms. The Kier molecular flexibility index (Phi) is 6.97. The highest BCUT2D eigenvalue weighted by atomic mass is 16.4. The van der Waals surface area contributed by atoms with Gasteiger partial charge in [0.05, 0.1) is 18.6 Å². The van der Waals surface area contributed by atoms with Gasteiger partial charge in [-0.1, -0.05) is 49.4 Å². The summed E-state index contributed by atoms with van der Waals surface area (Å²) < 4.78 is 0. The summed E-state index contributed by atoms with van der Waals surface area (Å²) in [6, 6.07) is 10.5. The Morgan fingerprint density at radius 2 is 2.04 bits per heavy atom. The zero-order valence-corrected chi connectivity index (χ0v) is 14.1. The molecule has 0 aliphatic carbocycles. The number of aliphatic carboxylic acids is 1. The summed E-state index contributed by atoms with van der Waals surface area (Å²) >= 11 is 0. The molecule has 5 heteroatoms. The van der Waals surface area contributed by atoms with Gasteiger partial charge in [0, 0.05) is 19.0 Å². The standard InChI is InChI=1S/C19H27NO4/c1-14-9-10-20(13-15-5-3-2-4-6-15)18(14)8-7-16(21)11-17(22)12-19(23)24/h2-8,14,16-18,21-22H,9-13H2,1H3,(H,23,24)/b8-7+/t14-,16+,17+,18+/m0/s1. The SMILES string of the molecule is C[C@H]1CCN(Cc2ccccc2)[C@@H]1/C=C/[C@@H](O)C[C@@H](O)CC(=O)O. The minimum absolute atomic E-state index is 0.0442. The maximum absolute atomic E-state index is 10.6. The highest BCUT2D eigenvalue weighted by Crippen LogP contribution is 2.27. The van der Waals surface area contributed by atoms with E-state index in [9.17, 15) is 15.0 Å². The highest BCUT2D eigenvalue weighted by Gasteiger charge is 2.29. The molecule has 4 atom stereocenters. The zero-order chi connectivity index (χ0) is 17.5. The van der Waals surface area contributed by atoms with Crippen LogP contribution < -0.4 is 0 Å². The Balaban J connectivity index is 1.91. The predicted octanol–water partition coefficient (Wildman–Crippen LogP) is 2.04. The summed E-state index contributed by atoms with van der Waals surface area (Å²) in [5, 5.41) is 28.2. The lowest BCUT2D eigenvalue weighted by atomic mass is 10.0. The first-order valence-corrected chi connectivity index (χ1v) is 8.50. The van der Waals surface area contributed by atoms with E-state index in [1.807, 2.05) is 24.3 Å². The van der Waals surface area contributed by atoms with Gasteiger partial charge in [-0.2, -0.15) is 0 Å². The van der Waals surface area contributed by atoms with Crippen LogP contribution in [0.15, 0.2) is 42.5 Å². The average Bonchev–Trinajstić information content (AvgIpc) is 2.85. The third-order valence-corrected chi connectivity index (χ3v) is 4.56. The predicted molar refractivity (Wildman–Crippen MR) is 92.4 cm³/mol. The van der Waals surface area contributed by atoms with Crippen molar-refractivity contribution in [2.45, 2.75) is 51.0 Å². The Morgan fingerprint density at radius 3 is 2.71 bits per heavy atom. The molecule has 5 nitrogen and oxygen atoms in total. The van der Waals surface area contributed by atoms with E-state index in [1.165, 1.54) is 5.56 Å². The van der Waals surface area contributed by atoms with E-state index in [4.69, 9.17) is 5.11 Å². The molecule has 132 valence electrons. The van der Waals surface area contributed by atoms with Crippen molar-refractivity contribution in [1.29, 1.82) is 0 Å². The minimum atomic E-state index is -1.06. The molecular formula is C19H27NO4. The Labute approximate surface area is 143 Å². The van der Waals surface area contributed by atoms with Crippen molar-refractivity contribution in [3.63, 3.8) is 0 Å². The molecule has 1 heterocycles. The zero-order valence-electron chi connectivity index (χ0n) is 14.1. The van der Waals surface area contributed by atoms with Gasteiger partial charge in [0.25, 0.3) is 0 Å². The molecule has 0 radical (unpaired) electrons. The van der Waals surface area contributed by atoms with Crippen molar-refractivity contribution in [3.05, 3.63) is 48.0 Å². The lowest BCUT2D eigenvalue weighted by Gasteiger charge is -2.24. The number of hydrogen-bond acceptors (Lipinski definition) is 4. The summed E-state index contributed by atoms with van der Waals surface area (Å²) in [7, 11) is 0. The van der Waals surface area contributed by atoms with Gasteiger partial charge in [-0.25, -0.2) is 0 Å². The molecule has 1 aliphatic rings. The summed E-state index contributed by atoms with van der Waals surface area (Å²) in [6.45, 7) is 4.09. The summed E-state index contributed by atoms with van der Waals surface area (Å²) in [5.74, 6) is -0.557. The number of rotatable bonds is 8. The van der Waals surface area contributed by atoms with Crippen LogP contribution in [-0.2, 0) is 11.3 Å². The molecule has 0 aromatic heterocycles. The average molecular weight is 333 g/mol. The summed E-state index contributed by atoms with van der Waals surface area (Å²) in [5.41, 5.74) is 1.27. The van der Waals surface area contributed by atoms with Gasteiger partial charge in [-0.3, -0.25) is 9.69 Å². The second-order valence-corrected chi connectivity index (χ2v) is 6.65. The molecule has 0 spiro atoms. The van der Waals surface area contributed by atoms with E-state index in [1.54, 1.807) is 6.08 Å². The molecule has 0 amide bonds. The smallest absolute Gasteiger partial charge is 0.305 e.